The van der Waals surface area contributed by atoms with Crippen LogP contribution in [0.1, 0.15) is 11.9 Å². The van der Waals surface area contributed by atoms with Crippen LogP contribution in [0.25, 0.3) is 10.2 Å². The fourth-order valence-electron chi connectivity index (χ4n) is 2.04. The Bertz CT molecular complexity index is 612. The van der Waals surface area contributed by atoms with Crippen LogP contribution >= 0.6 is 11.3 Å². The molecule has 0 amide bonds. The number of hydrogen-bond acceptors (Lipinski definition) is 6. The van der Waals surface area contributed by atoms with Crippen molar-refractivity contribution in [3.63, 3.8) is 0 Å². The van der Waals surface area contributed by atoms with Crippen LogP contribution < -0.4 is 4.90 Å². The molecular formula is C12H15N3O3S. The van der Waals surface area contributed by atoms with Crippen LogP contribution in [0.4, 0.5) is 11.4 Å². The van der Waals surface area contributed by atoms with E-state index in [4.69, 9.17) is 5.11 Å². The number of aliphatic hydroxyl groups excluding tert-OH is 1. The molecular weight excluding hydrogens is 266 g/mol. The van der Waals surface area contributed by atoms with Gasteiger partial charge in [-0.1, -0.05) is 0 Å². The fraction of sp³-hybridized carbons (Fsp3) is 0.417. The molecule has 0 spiro atoms. The summed E-state index contributed by atoms with van der Waals surface area (Å²) in [6, 6.07) is 3.30. The van der Waals surface area contributed by atoms with Gasteiger partial charge in [-0.25, -0.2) is 4.98 Å². The minimum absolute atomic E-state index is 0.0425. The molecule has 0 unspecified atom stereocenters. The Kier molecular flexibility index (Phi) is 3.96. The standard InChI is InChI=1S/C12H15N3O3S/c1-3-14(4-5-16)10-6-9-12(19-8(2)13-9)7-11(10)15(17)18/h6-7,16H,3-5H2,1-2H3. The monoisotopic (exact) mass is 281 g/mol. The summed E-state index contributed by atoms with van der Waals surface area (Å²) in [7, 11) is 0. The first-order chi connectivity index (χ1) is 9.06. The van der Waals surface area contributed by atoms with Crippen LogP contribution in [-0.2, 0) is 0 Å². The Labute approximate surface area is 114 Å². The summed E-state index contributed by atoms with van der Waals surface area (Å²) in [5, 5.41) is 21.1. The molecule has 2 aromatic rings. The van der Waals surface area contributed by atoms with Crippen molar-refractivity contribution < 1.29 is 10.0 Å². The average molecular weight is 281 g/mol. The topological polar surface area (TPSA) is 79.5 Å². The van der Waals surface area contributed by atoms with E-state index in [0.29, 0.717) is 18.8 Å². The summed E-state index contributed by atoms with van der Waals surface area (Å²) >= 11 is 1.44. The van der Waals surface area contributed by atoms with Gasteiger partial charge in [-0.3, -0.25) is 10.1 Å². The predicted octanol–water partition coefficient (Wildman–Crippen LogP) is 2.33. The molecule has 0 atom stereocenters. The van der Waals surface area contributed by atoms with Crippen LogP contribution in [0.3, 0.4) is 0 Å². The summed E-state index contributed by atoms with van der Waals surface area (Å²) in [5.74, 6) is 0. The molecule has 0 aliphatic carbocycles. The second-order valence-corrected chi connectivity index (χ2v) is 5.34. The Morgan fingerprint density at radius 1 is 1.53 bits per heavy atom. The second kappa shape index (κ2) is 5.50. The van der Waals surface area contributed by atoms with Gasteiger partial charge in [0, 0.05) is 19.2 Å². The molecule has 2 rings (SSSR count). The number of aromatic nitrogens is 1. The minimum Gasteiger partial charge on any atom is -0.395 e. The number of likely N-dealkylation sites (N-methyl/N-ethyl adjacent to an activating group) is 1. The predicted molar refractivity (Wildman–Crippen MR) is 76.0 cm³/mol. The highest BCUT2D eigenvalue weighted by molar-refractivity contribution is 7.18. The molecule has 102 valence electrons. The summed E-state index contributed by atoms with van der Waals surface area (Å²) in [6.45, 7) is 4.69. The molecule has 0 bridgehead atoms. The van der Waals surface area contributed by atoms with E-state index in [1.54, 1.807) is 17.0 Å². The summed E-state index contributed by atoms with van der Waals surface area (Å²) < 4.78 is 0.813. The SMILES string of the molecule is CCN(CCO)c1cc2nc(C)sc2cc1[N+](=O)[O-]. The maximum atomic E-state index is 11.2. The van der Waals surface area contributed by atoms with Gasteiger partial charge in [0.15, 0.2) is 0 Å². The normalized spacial score (nSPS) is 10.9. The Balaban J connectivity index is 2.61. The third-order valence-electron chi connectivity index (χ3n) is 2.88. The first kappa shape index (κ1) is 13.7. The number of nitro groups is 1. The molecule has 7 heteroatoms. The molecule has 1 heterocycles. The van der Waals surface area contributed by atoms with Crippen LogP contribution in [0.5, 0.6) is 0 Å². The number of anilines is 1. The summed E-state index contributed by atoms with van der Waals surface area (Å²) in [6.07, 6.45) is 0. The highest BCUT2D eigenvalue weighted by atomic mass is 32.1. The quantitative estimate of drug-likeness (QED) is 0.672. The first-order valence-electron chi connectivity index (χ1n) is 5.98. The van der Waals surface area contributed by atoms with Crippen molar-refractivity contribution in [2.45, 2.75) is 13.8 Å². The van der Waals surface area contributed by atoms with Gasteiger partial charge in [-0.2, -0.15) is 0 Å². The lowest BCUT2D eigenvalue weighted by Gasteiger charge is -2.21. The van der Waals surface area contributed by atoms with E-state index >= 15 is 0 Å². The van der Waals surface area contributed by atoms with Crippen molar-refractivity contribution in [1.82, 2.24) is 4.98 Å². The molecule has 0 aliphatic rings. The molecule has 6 nitrogen and oxygen atoms in total. The van der Waals surface area contributed by atoms with Gasteiger partial charge < -0.3 is 10.0 Å². The maximum Gasteiger partial charge on any atom is 0.294 e. The molecule has 19 heavy (non-hydrogen) atoms. The third-order valence-corrected chi connectivity index (χ3v) is 3.81. The zero-order valence-corrected chi connectivity index (χ0v) is 11.6. The molecule has 1 aromatic carbocycles. The number of aliphatic hydroxyl groups is 1. The maximum absolute atomic E-state index is 11.2. The second-order valence-electron chi connectivity index (χ2n) is 4.10. The zero-order valence-electron chi connectivity index (χ0n) is 10.8. The van der Waals surface area contributed by atoms with Gasteiger partial charge in [0.25, 0.3) is 5.69 Å². The van der Waals surface area contributed by atoms with Crippen LogP contribution in [0.15, 0.2) is 12.1 Å². The Morgan fingerprint density at radius 3 is 2.84 bits per heavy atom. The van der Waals surface area contributed by atoms with Gasteiger partial charge in [-0.15, -0.1) is 11.3 Å². The molecule has 0 radical (unpaired) electrons. The molecule has 0 saturated carbocycles. The van der Waals surface area contributed by atoms with Gasteiger partial charge in [0.2, 0.25) is 0 Å². The molecule has 1 N–H and O–H groups in total. The molecule has 0 saturated heterocycles. The van der Waals surface area contributed by atoms with Crippen LogP contribution in [-0.4, -0.2) is 34.7 Å². The van der Waals surface area contributed by atoms with Gasteiger partial charge in [0.05, 0.1) is 26.8 Å². The minimum atomic E-state index is -0.385. The van der Waals surface area contributed by atoms with Crippen molar-refractivity contribution in [1.29, 1.82) is 0 Å². The van der Waals surface area contributed by atoms with Gasteiger partial charge in [0.1, 0.15) is 5.69 Å². The molecule has 0 fully saturated rings. The van der Waals surface area contributed by atoms with E-state index in [0.717, 1.165) is 15.2 Å². The first-order valence-corrected chi connectivity index (χ1v) is 6.79. The van der Waals surface area contributed by atoms with Gasteiger partial charge >= 0.3 is 0 Å². The Hall–Kier alpha value is -1.73. The number of fused-ring (bicyclic) bond motifs is 1. The average Bonchev–Trinajstić information content (AvgIpc) is 2.73. The van der Waals surface area contributed by atoms with Crippen molar-refractivity contribution in [3.05, 3.63) is 27.3 Å². The number of nitrogens with zero attached hydrogens (tertiary/aromatic N) is 3. The van der Waals surface area contributed by atoms with Crippen molar-refractivity contribution in [2.24, 2.45) is 0 Å². The van der Waals surface area contributed by atoms with Crippen LogP contribution in [0.2, 0.25) is 0 Å². The lowest BCUT2D eigenvalue weighted by atomic mass is 10.2. The van der Waals surface area contributed by atoms with E-state index in [9.17, 15) is 10.1 Å². The van der Waals surface area contributed by atoms with E-state index in [2.05, 4.69) is 4.98 Å². The van der Waals surface area contributed by atoms with Gasteiger partial charge in [-0.05, 0) is 19.9 Å². The number of rotatable bonds is 5. The van der Waals surface area contributed by atoms with Crippen molar-refractivity contribution >= 4 is 32.9 Å². The highest BCUT2D eigenvalue weighted by Crippen LogP contribution is 2.35. The number of aryl methyl sites for hydroxylation is 1. The lowest BCUT2D eigenvalue weighted by Crippen LogP contribution is -2.26. The summed E-state index contributed by atoms with van der Waals surface area (Å²) in [5.41, 5.74) is 1.34. The Morgan fingerprint density at radius 2 is 2.26 bits per heavy atom. The third kappa shape index (κ3) is 2.66. The number of benzene rings is 1. The largest absolute Gasteiger partial charge is 0.395 e. The molecule has 0 aliphatic heterocycles. The summed E-state index contributed by atoms with van der Waals surface area (Å²) in [4.78, 5) is 17.0. The smallest absolute Gasteiger partial charge is 0.294 e. The van der Waals surface area contributed by atoms with Crippen molar-refractivity contribution in [2.75, 3.05) is 24.6 Å². The fourth-order valence-corrected chi connectivity index (χ4v) is 2.88. The van der Waals surface area contributed by atoms with E-state index in [1.807, 2.05) is 13.8 Å². The molecule has 1 aromatic heterocycles. The number of hydrogen-bond donors (Lipinski definition) is 1. The van der Waals surface area contributed by atoms with E-state index < -0.39 is 0 Å². The lowest BCUT2D eigenvalue weighted by molar-refractivity contribution is -0.384. The van der Waals surface area contributed by atoms with E-state index in [-0.39, 0.29) is 17.2 Å². The number of nitro benzene ring substituents is 1. The van der Waals surface area contributed by atoms with E-state index in [1.165, 1.54) is 11.3 Å². The van der Waals surface area contributed by atoms with Crippen molar-refractivity contribution in [3.8, 4) is 0 Å². The zero-order chi connectivity index (χ0) is 14.0. The number of thiazole rings is 1. The highest BCUT2D eigenvalue weighted by Gasteiger charge is 2.20. The van der Waals surface area contributed by atoms with Crippen LogP contribution in [0, 0.1) is 17.0 Å².